The minimum atomic E-state index is 0.277. The zero-order valence-corrected chi connectivity index (χ0v) is 15.4. The smallest absolute Gasteiger partial charge is 0.230 e. The molecular weight excluding hydrogens is 304 g/mol. The number of likely N-dealkylation sites (tertiary alicyclic amines) is 1. The van der Waals surface area contributed by atoms with Gasteiger partial charge >= 0.3 is 0 Å². The van der Waals surface area contributed by atoms with E-state index >= 15 is 0 Å². The molecule has 4 aliphatic carbocycles. The molecule has 1 aliphatic heterocycles. The fraction of sp³-hybridized carbons (Fsp3) is 0.947. The van der Waals surface area contributed by atoms with Crippen molar-refractivity contribution in [2.75, 3.05) is 32.4 Å². The lowest BCUT2D eigenvalue weighted by Crippen LogP contribution is -2.49. The van der Waals surface area contributed by atoms with E-state index in [1.807, 2.05) is 11.8 Å². The van der Waals surface area contributed by atoms with Gasteiger partial charge < -0.3 is 10.2 Å². The van der Waals surface area contributed by atoms with Gasteiger partial charge in [-0.1, -0.05) is 0 Å². The Balaban J connectivity index is 1.22. The van der Waals surface area contributed by atoms with Crippen LogP contribution in [-0.2, 0) is 4.79 Å². The summed E-state index contributed by atoms with van der Waals surface area (Å²) in [4.78, 5) is 14.7. The number of nitrogens with one attached hydrogen (secondary N) is 1. The Morgan fingerprint density at radius 2 is 1.83 bits per heavy atom. The second-order valence-electron chi connectivity index (χ2n) is 8.96. The zero-order valence-electron chi connectivity index (χ0n) is 14.6. The zero-order chi connectivity index (χ0) is 15.9. The standard InChI is InChI=1S/C19H32N2OS/c1-21-4-2-3-14(12-21)11-20-18(22)13-23-19-8-15-5-16(9-19)7-17(6-15)10-19/h14-17H,2-13H2,1H3,(H,20,22)/t14-,15?,16?,17?,19?/m1/s1. The quantitative estimate of drug-likeness (QED) is 0.837. The maximum absolute atomic E-state index is 12.3. The molecule has 0 unspecified atom stereocenters. The van der Waals surface area contributed by atoms with Gasteiger partial charge in [-0.05, 0) is 88.6 Å². The van der Waals surface area contributed by atoms with Crippen LogP contribution >= 0.6 is 11.8 Å². The maximum atomic E-state index is 12.3. The Kier molecular flexibility index (Phi) is 4.66. The minimum absolute atomic E-state index is 0.277. The second-order valence-corrected chi connectivity index (χ2v) is 10.4. The molecule has 1 amide bonds. The monoisotopic (exact) mass is 336 g/mol. The number of carbonyl (C=O) groups is 1. The summed E-state index contributed by atoms with van der Waals surface area (Å²) in [7, 11) is 2.19. The van der Waals surface area contributed by atoms with Crippen LogP contribution in [0.5, 0.6) is 0 Å². The number of thioether (sulfide) groups is 1. The van der Waals surface area contributed by atoms with Crippen LogP contribution in [0.15, 0.2) is 0 Å². The highest BCUT2D eigenvalue weighted by atomic mass is 32.2. The van der Waals surface area contributed by atoms with Crippen LogP contribution in [0, 0.1) is 23.7 Å². The predicted molar refractivity (Wildman–Crippen MR) is 96.6 cm³/mol. The highest BCUT2D eigenvalue weighted by Crippen LogP contribution is 2.60. The Morgan fingerprint density at radius 1 is 1.17 bits per heavy atom. The first-order chi connectivity index (χ1) is 11.1. The molecule has 0 radical (unpaired) electrons. The summed E-state index contributed by atoms with van der Waals surface area (Å²) in [5.74, 6) is 4.56. The molecule has 1 heterocycles. The molecule has 1 N–H and O–H groups in total. The van der Waals surface area contributed by atoms with Crippen molar-refractivity contribution in [2.24, 2.45) is 23.7 Å². The Bertz CT molecular complexity index is 417. The SMILES string of the molecule is CN1CCC[C@H](CNC(=O)CSC23CC4CC(CC(C4)C2)C3)C1. The van der Waals surface area contributed by atoms with Crippen molar-refractivity contribution in [2.45, 2.75) is 56.1 Å². The van der Waals surface area contributed by atoms with Gasteiger partial charge in [-0.3, -0.25) is 4.79 Å². The van der Waals surface area contributed by atoms with E-state index in [9.17, 15) is 4.79 Å². The summed E-state index contributed by atoms with van der Waals surface area (Å²) in [5.41, 5.74) is 0. The summed E-state index contributed by atoms with van der Waals surface area (Å²) in [6.07, 6.45) is 11.2. The van der Waals surface area contributed by atoms with Crippen LogP contribution in [-0.4, -0.2) is 48.0 Å². The van der Waals surface area contributed by atoms with Crippen molar-refractivity contribution in [1.29, 1.82) is 0 Å². The van der Waals surface area contributed by atoms with Gasteiger partial charge in [-0.2, -0.15) is 0 Å². The molecule has 23 heavy (non-hydrogen) atoms. The van der Waals surface area contributed by atoms with E-state index < -0.39 is 0 Å². The molecule has 5 aliphatic rings. The molecule has 0 aromatic carbocycles. The third-order valence-corrected chi connectivity index (χ3v) is 8.32. The fourth-order valence-electron chi connectivity index (χ4n) is 6.18. The van der Waals surface area contributed by atoms with Crippen LogP contribution in [0.2, 0.25) is 0 Å². The van der Waals surface area contributed by atoms with Crippen LogP contribution in [0.1, 0.15) is 51.4 Å². The summed E-state index contributed by atoms with van der Waals surface area (Å²) < 4.78 is 0.469. The fourth-order valence-corrected chi connectivity index (χ4v) is 7.78. The van der Waals surface area contributed by atoms with Crippen LogP contribution in [0.25, 0.3) is 0 Å². The van der Waals surface area contributed by atoms with Gasteiger partial charge in [0.1, 0.15) is 0 Å². The van der Waals surface area contributed by atoms with Crippen molar-refractivity contribution in [3.8, 4) is 0 Å². The molecule has 0 spiro atoms. The lowest BCUT2D eigenvalue weighted by atomic mass is 9.56. The third kappa shape index (κ3) is 3.73. The molecule has 5 fully saturated rings. The summed E-state index contributed by atoms with van der Waals surface area (Å²) >= 11 is 2.01. The van der Waals surface area contributed by atoms with E-state index in [1.54, 1.807) is 0 Å². The number of piperidine rings is 1. The van der Waals surface area contributed by atoms with Crippen LogP contribution < -0.4 is 5.32 Å². The lowest BCUT2D eigenvalue weighted by Gasteiger charge is -2.56. The second kappa shape index (κ2) is 6.59. The van der Waals surface area contributed by atoms with Crippen LogP contribution in [0.4, 0.5) is 0 Å². The first-order valence-electron chi connectivity index (χ1n) is 9.69. The molecule has 3 nitrogen and oxygen atoms in total. The molecule has 5 rings (SSSR count). The molecular formula is C19H32N2OS. The Hall–Kier alpha value is -0.220. The van der Waals surface area contributed by atoms with Crippen molar-refractivity contribution >= 4 is 17.7 Å². The maximum Gasteiger partial charge on any atom is 0.230 e. The first kappa shape index (κ1) is 16.3. The highest BCUT2D eigenvalue weighted by molar-refractivity contribution is 8.01. The van der Waals surface area contributed by atoms with Gasteiger partial charge in [0.05, 0.1) is 5.75 Å². The van der Waals surface area contributed by atoms with E-state index in [0.717, 1.165) is 30.8 Å². The molecule has 0 aromatic heterocycles. The summed E-state index contributed by atoms with van der Waals surface area (Å²) in [6, 6.07) is 0. The number of hydrogen-bond donors (Lipinski definition) is 1. The van der Waals surface area contributed by atoms with E-state index in [-0.39, 0.29) is 5.91 Å². The molecule has 1 saturated heterocycles. The van der Waals surface area contributed by atoms with Gasteiger partial charge in [-0.25, -0.2) is 0 Å². The molecule has 4 saturated carbocycles. The topological polar surface area (TPSA) is 32.3 Å². The lowest BCUT2D eigenvalue weighted by molar-refractivity contribution is -0.118. The molecule has 0 aromatic rings. The summed E-state index contributed by atoms with van der Waals surface area (Å²) in [5, 5.41) is 3.22. The molecule has 130 valence electrons. The number of rotatable bonds is 5. The van der Waals surface area contributed by atoms with Gasteiger partial charge in [-0.15, -0.1) is 11.8 Å². The third-order valence-electron chi connectivity index (χ3n) is 6.80. The number of hydrogen-bond acceptors (Lipinski definition) is 3. The van der Waals surface area contributed by atoms with Crippen molar-refractivity contribution in [3.05, 3.63) is 0 Å². The van der Waals surface area contributed by atoms with E-state index in [0.29, 0.717) is 16.4 Å². The van der Waals surface area contributed by atoms with Gasteiger partial charge in [0.2, 0.25) is 5.91 Å². The average Bonchev–Trinajstić information content (AvgIpc) is 2.50. The largest absolute Gasteiger partial charge is 0.355 e. The van der Waals surface area contributed by atoms with Crippen LogP contribution in [0.3, 0.4) is 0 Å². The summed E-state index contributed by atoms with van der Waals surface area (Å²) in [6.45, 7) is 3.24. The number of nitrogens with zero attached hydrogens (tertiary/aromatic N) is 1. The minimum Gasteiger partial charge on any atom is -0.355 e. The number of carbonyl (C=O) groups excluding carboxylic acids is 1. The van der Waals surface area contributed by atoms with E-state index in [2.05, 4.69) is 17.3 Å². The van der Waals surface area contributed by atoms with E-state index in [4.69, 9.17) is 0 Å². The Morgan fingerprint density at radius 3 is 2.43 bits per heavy atom. The number of amides is 1. The average molecular weight is 337 g/mol. The highest BCUT2D eigenvalue weighted by Gasteiger charge is 2.51. The van der Waals surface area contributed by atoms with Crippen molar-refractivity contribution in [3.63, 3.8) is 0 Å². The normalized spacial score (nSPS) is 42.8. The molecule has 4 bridgehead atoms. The molecule has 4 heteroatoms. The van der Waals surface area contributed by atoms with Gasteiger partial charge in [0.15, 0.2) is 0 Å². The first-order valence-corrected chi connectivity index (χ1v) is 10.7. The van der Waals surface area contributed by atoms with E-state index in [1.165, 1.54) is 57.9 Å². The predicted octanol–water partition coefficient (Wildman–Crippen LogP) is 3.15. The van der Waals surface area contributed by atoms with Gasteiger partial charge in [0.25, 0.3) is 0 Å². The van der Waals surface area contributed by atoms with Crippen molar-refractivity contribution in [1.82, 2.24) is 10.2 Å². The van der Waals surface area contributed by atoms with Gasteiger partial charge in [0, 0.05) is 17.8 Å². The molecule has 1 atom stereocenters. The van der Waals surface area contributed by atoms with Crippen molar-refractivity contribution < 1.29 is 4.79 Å². The Labute approximate surface area is 145 Å².